The number of hydrogen-bond acceptors (Lipinski definition) is 4. The molecule has 0 N–H and O–H groups in total. The number of benzene rings is 8. The molecule has 0 aliphatic heterocycles. The minimum Gasteiger partial charge on any atom is -0.276 e. The lowest BCUT2D eigenvalue weighted by Crippen LogP contribution is -2.03. The largest absolute Gasteiger partial charge is 0.276 e. The zero-order valence-electron chi connectivity index (χ0n) is 28.2. The molecule has 0 aliphatic rings. The molecule has 53 heavy (non-hydrogen) atoms. The van der Waals surface area contributed by atoms with Gasteiger partial charge in [0.25, 0.3) is 0 Å². The van der Waals surface area contributed by atoms with Crippen molar-refractivity contribution in [2.24, 2.45) is 0 Å². The molecule has 4 heterocycles. The fraction of sp³-hybridized carbons (Fsp3) is 0. The van der Waals surface area contributed by atoms with E-state index in [1.54, 1.807) is 11.3 Å². The van der Waals surface area contributed by atoms with Crippen LogP contribution in [0.4, 0.5) is 0 Å². The van der Waals surface area contributed by atoms with Crippen LogP contribution in [0.25, 0.3) is 112 Å². The zero-order chi connectivity index (χ0) is 34.6. The highest BCUT2D eigenvalue weighted by molar-refractivity contribution is 7.27. The lowest BCUT2D eigenvalue weighted by molar-refractivity contribution is 1.02. The third kappa shape index (κ3) is 4.20. The lowest BCUT2D eigenvalue weighted by atomic mass is 9.98. The third-order valence-electron chi connectivity index (χ3n) is 10.8. The van der Waals surface area contributed by atoms with E-state index in [0.717, 1.165) is 27.0 Å². The minimum absolute atomic E-state index is 0.693. The van der Waals surface area contributed by atoms with Crippen LogP contribution in [0.1, 0.15) is 0 Å². The molecule has 0 aliphatic carbocycles. The molecule has 0 atom stereocenters. The summed E-state index contributed by atoms with van der Waals surface area (Å²) in [6.45, 7) is 0. The van der Waals surface area contributed by atoms with Crippen molar-refractivity contribution in [2.45, 2.75) is 0 Å². The van der Waals surface area contributed by atoms with Gasteiger partial charge in [-0.25, -0.2) is 9.97 Å². The Morgan fingerprint density at radius 3 is 1.77 bits per heavy atom. The van der Waals surface area contributed by atoms with Crippen molar-refractivity contribution in [2.75, 3.05) is 0 Å². The van der Waals surface area contributed by atoms with E-state index in [1.807, 2.05) is 11.3 Å². The van der Waals surface area contributed by atoms with Gasteiger partial charge in [0.2, 0.25) is 5.95 Å². The summed E-state index contributed by atoms with van der Waals surface area (Å²) in [5, 5.41) is 12.3. The first-order valence-corrected chi connectivity index (χ1v) is 19.5. The van der Waals surface area contributed by atoms with Crippen LogP contribution in [-0.2, 0) is 0 Å². The molecule has 0 saturated carbocycles. The van der Waals surface area contributed by atoms with Crippen molar-refractivity contribution in [1.29, 1.82) is 0 Å². The van der Waals surface area contributed by atoms with Gasteiger partial charge in [0.15, 0.2) is 0 Å². The maximum Gasteiger partial charge on any atom is 0.236 e. The summed E-state index contributed by atoms with van der Waals surface area (Å²) in [5.41, 5.74) is 6.75. The van der Waals surface area contributed by atoms with Gasteiger partial charge in [-0.15, -0.1) is 22.7 Å². The minimum atomic E-state index is 0.693. The molecular weight excluding hydrogens is 683 g/mol. The zero-order valence-corrected chi connectivity index (χ0v) is 29.9. The van der Waals surface area contributed by atoms with Crippen LogP contribution in [0.5, 0.6) is 0 Å². The molecule has 5 heteroatoms. The van der Waals surface area contributed by atoms with Crippen LogP contribution in [0, 0.1) is 0 Å². The van der Waals surface area contributed by atoms with Crippen molar-refractivity contribution in [1.82, 2.24) is 14.5 Å². The highest BCUT2D eigenvalue weighted by atomic mass is 32.1. The van der Waals surface area contributed by atoms with E-state index in [9.17, 15) is 0 Å². The highest BCUT2D eigenvalue weighted by Crippen LogP contribution is 2.48. The second kappa shape index (κ2) is 11.1. The van der Waals surface area contributed by atoms with E-state index >= 15 is 0 Å². The summed E-state index contributed by atoms with van der Waals surface area (Å²) in [6, 6.07) is 59.2. The van der Waals surface area contributed by atoms with Crippen LogP contribution in [-0.4, -0.2) is 14.5 Å². The molecule has 246 valence electrons. The molecule has 0 amide bonds. The van der Waals surface area contributed by atoms with E-state index in [-0.39, 0.29) is 0 Å². The van der Waals surface area contributed by atoms with Gasteiger partial charge in [-0.1, -0.05) is 133 Å². The van der Waals surface area contributed by atoms with Gasteiger partial charge < -0.3 is 0 Å². The second-order valence-corrected chi connectivity index (χ2v) is 15.8. The Morgan fingerprint density at radius 2 is 1.00 bits per heavy atom. The summed E-state index contributed by atoms with van der Waals surface area (Å²) >= 11 is 3.61. The van der Waals surface area contributed by atoms with Crippen molar-refractivity contribution in [3.8, 4) is 28.3 Å². The number of aromatic nitrogens is 3. The molecule has 0 spiro atoms. The highest BCUT2D eigenvalue weighted by Gasteiger charge is 2.24. The summed E-state index contributed by atoms with van der Waals surface area (Å²) in [7, 11) is 0. The summed E-state index contributed by atoms with van der Waals surface area (Å²) < 4.78 is 6.10. The van der Waals surface area contributed by atoms with Gasteiger partial charge in [0.05, 0.1) is 21.4 Å². The average molecular weight is 710 g/mol. The molecule has 12 rings (SSSR count). The second-order valence-electron chi connectivity index (χ2n) is 13.7. The van der Waals surface area contributed by atoms with Crippen molar-refractivity contribution in [3.63, 3.8) is 0 Å². The van der Waals surface area contributed by atoms with Crippen LogP contribution in [0.3, 0.4) is 0 Å². The van der Waals surface area contributed by atoms with E-state index in [2.05, 4.69) is 168 Å². The van der Waals surface area contributed by atoms with Gasteiger partial charge in [-0.3, -0.25) is 4.57 Å². The molecule has 0 radical (unpaired) electrons. The van der Waals surface area contributed by atoms with Crippen LogP contribution < -0.4 is 0 Å². The van der Waals surface area contributed by atoms with Crippen LogP contribution >= 0.6 is 22.7 Å². The Kier molecular flexibility index (Phi) is 6.09. The Bertz CT molecular complexity index is 3460. The standard InChI is InChI=1S/C48H27N3S2/c1-2-12-28(13-3-1)29-22-23-31-27-32(25-24-30(31)26-29)44-43-37-18-8-11-21-40(37)53-47(43)50-48(49-44)51-38-19-9-6-16-35(38)41-33-14-4-5-15-34(33)42-36-17-7-10-20-39(36)52-46(42)45(41)51/h1-27H. The van der Waals surface area contributed by atoms with E-state index in [1.165, 1.54) is 79.2 Å². The molecule has 0 fully saturated rings. The Balaban J connectivity index is 1.20. The number of para-hydroxylation sites is 1. The Morgan fingerprint density at radius 1 is 0.415 bits per heavy atom. The number of nitrogens with zero attached hydrogens (tertiary/aromatic N) is 3. The first-order valence-electron chi connectivity index (χ1n) is 17.8. The molecule has 3 nitrogen and oxygen atoms in total. The topological polar surface area (TPSA) is 30.7 Å². The molecular formula is C48H27N3S2. The molecule has 4 aromatic heterocycles. The van der Waals surface area contributed by atoms with Gasteiger partial charge in [-0.2, -0.15) is 0 Å². The van der Waals surface area contributed by atoms with Gasteiger partial charge in [0.1, 0.15) is 4.83 Å². The predicted octanol–water partition coefficient (Wildman–Crippen LogP) is 13.9. The van der Waals surface area contributed by atoms with Gasteiger partial charge >= 0.3 is 0 Å². The first-order chi connectivity index (χ1) is 26.3. The van der Waals surface area contributed by atoms with Crippen LogP contribution in [0.2, 0.25) is 0 Å². The predicted molar refractivity (Wildman–Crippen MR) is 228 cm³/mol. The smallest absolute Gasteiger partial charge is 0.236 e. The molecule has 0 bridgehead atoms. The lowest BCUT2D eigenvalue weighted by Gasteiger charge is -2.12. The third-order valence-corrected chi connectivity index (χ3v) is 13.0. The summed E-state index contributed by atoms with van der Waals surface area (Å²) in [5.74, 6) is 0.693. The molecule has 8 aromatic carbocycles. The van der Waals surface area contributed by atoms with Crippen LogP contribution in [0.15, 0.2) is 164 Å². The van der Waals surface area contributed by atoms with Crippen molar-refractivity contribution >= 4 is 106 Å². The van der Waals surface area contributed by atoms with Gasteiger partial charge in [0, 0.05) is 47.3 Å². The van der Waals surface area contributed by atoms with E-state index in [4.69, 9.17) is 9.97 Å². The maximum absolute atomic E-state index is 5.61. The first kappa shape index (κ1) is 29.2. The Labute approximate surface area is 311 Å². The molecule has 0 unspecified atom stereocenters. The normalized spacial score (nSPS) is 12.2. The average Bonchev–Trinajstić information content (AvgIpc) is 3.91. The molecule has 0 saturated heterocycles. The van der Waals surface area contributed by atoms with E-state index in [0.29, 0.717) is 5.95 Å². The van der Waals surface area contributed by atoms with Crippen molar-refractivity contribution < 1.29 is 0 Å². The summed E-state index contributed by atoms with van der Waals surface area (Å²) in [6.07, 6.45) is 0. The molecule has 12 aromatic rings. The number of fused-ring (bicyclic) bond motifs is 14. The maximum atomic E-state index is 5.61. The quantitative estimate of drug-likeness (QED) is 0.183. The fourth-order valence-electron chi connectivity index (χ4n) is 8.46. The number of rotatable bonds is 3. The summed E-state index contributed by atoms with van der Waals surface area (Å²) in [4.78, 5) is 12.1. The van der Waals surface area contributed by atoms with Crippen molar-refractivity contribution in [3.05, 3.63) is 164 Å². The fourth-order valence-corrected chi connectivity index (χ4v) is 10.8. The van der Waals surface area contributed by atoms with Gasteiger partial charge in [-0.05, 0) is 63.0 Å². The Hall–Kier alpha value is -6.40. The number of thiophene rings is 2. The SMILES string of the molecule is c1ccc(-c2ccc3cc(-c4nc(-n5c6ccccc6c6c7ccccc7c7c8ccccc8sc7c65)nc5sc6ccccc6c45)ccc3c2)cc1. The number of hydrogen-bond donors (Lipinski definition) is 0. The van der Waals surface area contributed by atoms with E-state index < -0.39 is 0 Å². The monoisotopic (exact) mass is 709 g/mol.